The molecule has 2 rings (SSSR count). The molecule has 0 aliphatic heterocycles. The molecule has 0 saturated heterocycles. The first-order chi connectivity index (χ1) is 11.4. The topological polar surface area (TPSA) is 79.2 Å². The number of carbonyl (C=O) groups excluding carboxylic acids is 1. The summed E-state index contributed by atoms with van der Waals surface area (Å²) in [4.78, 5) is 12.0. The van der Waals surface area contributed by atoms with E-state index in [1.165, 1.54) is 5.56 Å². The number of aliphatic hydroxyl groups excluding tert-OH is 1. The van der Waals surface area contributed by atoms with E-state index >= 15 is 0 Å². The van der Waals surface area contributed by atoms with Gasteiger partial charge in [-0.3, -0.25) is 4.68 Å². The SMILES string of the molecule is CC(NC(=O)NCC(C)(C)CO)c1cnn(Cc2ccccc2)c1. The molecule has 1 heterocycles. The summed E-state index contributed by atoms with van der Waals surface area (Å²) in [5.41, 5.74) is 1.79. The summed E-state index contributed by atoms with van der Waals surface area (Å²) in [5.74, 6) is 0. The minimum atomic E-state index is -0.332. The Morgan fingerprint density at radius 1 is 1.33 bits per heavy atom. The van der Waals surface area contributed by atoms with Gasteiger partial charge in [0.2, 0.25) is 0 Å². The van der Waals surface area contributed by atoms with E-state index in [9.17, 15) is 9.90 Å². The van der Waals surface area contributed by atoms with E-state index in [0.29, 0.717) is 13.1 Å². The van der Waals surface area contributed by atoms with Crippen LogP contribution in [0, 0.1) is 5.41 Å². The van der Waals surface area contributed by atoms with Crippen molar-refractivity contribution in [2.24, 2.45) is 5.41 Å². The Morgan fingerprint density at radius 3 is 2.71 bits per heavy atom. The van der Waals surface area contributed by atoms with Gasteiger partial charge < -0.3 is 15.7 Å². The average Bonchev–Trinajstić information content (AvgIpc) is 3.03. The summed E-state index contributed by atoms with van der Waals surface area (Å²) in [7, 11) is 0. The highest BCUT2D eigenvalue weighted by atomic mass is 16.3. The van der Waals surface area contributed by atoms with E-state index in [4.69, 9.17) is 0 Å². The highest BCUT2D eigenvalue weighted by molar-refractivity contribution is 5.74. The van der Waals surface area contributed by atoms with Crippen LogP contribution in [0.3, 0.4) is 0 Å². The van der Waals surface area contributed by atoms with Crippen molar-refractivity contribution in [2.45, 2.75) is 33.4 Å². The van der Waals surface area contributed by atoms with Gasteiger partial charge in [-0.1, -0.05) is 44.2 Å². The van der Waals surface area contributed by atoms with E-state index in [-0.39, 0.29) is 24.1 Å². The second kappa shape index (κ2) is 7.97. The van der Waals surface area contributed by atoms with Crippen LogP contribution < -0.4 is 10.6 Å². The number of hydrogen-bond acceptors (Lipinski definition) is 3. The predicted octanol–water partition coefficient (Wildman–Crippen LogP) is 2.31. The van der Waals surface area contributed by atoms with Crippen LogP contribution in [-0.2, 0) is 6.54 Å². The fraction of sp³-hybridized carbons (Fsp3) is 0.444. The van der Waals surface area contributed by atoms with Crippen molar-refractivity contribution in [3.05, 3.63) is 53.9 Å². The lowest BCUT2D eigenvalue weighted by molar-refractivity contribution is 0.157. The van der Waals surface area contributed by atoms with Gasteiger partial charge in [-0.15, -0.1) is 0 Å². The maximum absolute atomic E-state index is 12.0. The molecule has 1 aromatic heterocycles. The normalized spacial score (nSPS) is 12.7. The molecule has 24 heavy (non-hydrogen) atoms. The van der Waals surface area contributed by atoms with Gasteiger partial charge in [-0.25, -0.2) is 4.79 Å². The van der Waals surface area contributed by atoms with Gasteiger partial charge in [0.1, 0.15) is 0 Å². The highest BCUT2D eigenvalue weighted by Gasteiger charge is 2.18. The number of carbonyl (C=O) groups is 1. The number of aromatic nitrogens is 2. The van der Waals surface area contributed by atoms with Crippen LogP contribution in [0.15, 0.2) is 42.7 Å². The van der Waals surface area contributed by atoms with E-state index < -0.39 is 0 Å². The number of nitrogens with one attached hydrogen (secondary N) is 2. The van der Waals surface area contributed by atoms with Crippen molar-refractivity contribution in [1.82, 2.24) is 20.4 Å². The molecule has 1 atom stereocenters. The van der Waals surface area contributed by atoms with E-state index in [1.807, 2.05) is 49.8 Å². The molecule has 2 aromatic rings. The summed E-state index contributed by atoms with van der Waals surface area (Å²) in [6, 6.07) is 9.70. The monoisotopic (exact) mass is 330 g/mol. The summed E-state index contributed by atoms with van der Waals surface area (Å²) >= 11 is 0. The molecule has 0 saturated carbocycles. The fourth-order valence-corrected chi connectivity index (χ4v) is 2.17. The number of amides is 2. The Morgan fingerprint density at radius 2 is 2.04 bits per heavy atom. The number of benzene rings is 1. The first-order valence-corrected chi connectivity index (χ1v) is 8.11. The Balaban J connectivity index is 1.86. The average molecular weight is 330 g/mol. The van der Waals surface area contributed by atoms with Gasteiger partial charge in [-0.2, -0.15) is 5.10 Å². The van der Waals surface area contributed by atoms with Gasteiger partial charge in [0.05, 0.1) is 18.8 Å². The van der Waals surface area contributed by atoms with Crippen LogP contribution in [0.5, 0.6) is 0 Å². The molecule has 0 spiro atoms. The molecule has 6 nitrogen and oxygen atoms in total. The van der Waals surface area contributed by atoms with Gasteiger partial charge in [0.25, 0.3) is 0 Å². The lowest BCUT2D eigenvalue weighted by atomic mass is 9.95. The van der Waals surface area contributed by atoms with Crippen LogP contribution >= 0.6 is 0 Å². The zero-order valence-electron chi connectivity index (χ0n) is 14.5. The zero-order valence-corrected chi connectivity index (χ0v) is 14.5. The van der Waals surface area contributed by atoms with Crippen LogP contribution in [0.1, 0.15) is 37.9 Å². The minimum Gasteiger partial charge on any atom is -0.396 e. The Kier molecular flexibility index (Phi) is 5.98. The number of aliphatic hydroxyl groups is 1. The van der Waals surface area contributed by atoms with Crippen molar-refractivity contribution in [2.75, 3.05) is 13.2 Å². The third-order valence-corrected chi connectivity index (χ3v) is 3.84. The van der Waals surface area contributed by atoms with Crippen LogP contribution in [0.2, 0.25) is 0 Å². The third kappa shape index (κ3) is 5.38. The number of urea groups is 1. The first-order valence-electron chi connectivity index (χ1n) is 8.11. The van der Waals surface area contributed by atoms with E-state index in [0.717, 1.165) is 5.56 Å². The number of hydrogen-bond donors (Lipinski definition) is 3. The van der Waals surface area contributed by atoms with Gasteiger partial charge in [-0.05, 0) is 12.5 Å². The summed E-state index contributed by atoms with van der Waals surface area (Å²) in [6.07, 6.45) is 3.71. The van der Waals surface area contributed by atoms with Crippen molar-refractivity contribution in [3.8, 4) is 0 Å². The molecular formula is C18H26N4O2. The molecule has 3 N–H and O–H groups in total. The molecule has 130 valence electrons. The maximum Gasteiger partial charge on any atom is 0.315 e. The van der Waals surface area contributed by atoms with Crippen LogP contribution in [0.4, 0.5) is 4.79 Å². The molecule has 6 heteroatoms. The lowest BCUT2D eigenvalue weighted by Crippen LogP contribution is -2.42. The second-order valence-electron chi connectivity index (χ2n) is 6.83. The summed E-state index contributed by atoms with van der Waals surface area (Å²) < 4.78 is 1.86. The minimum absolute atomic E-state index is 0.0229. The Bertz CT molecular complexity index is 652. The molecule has 0 aliphatic carbocycles. The van der Waals surface area contributed by atoms with Crippen molar-refractivity contribution >= 4 is 6.03 Å². The highest BCUT2D eigenvalue weighted by Crippen LogP contribution is 2.13. The van der Waals surface area contributed by atoms with Crippen LogP contribution in [-0.4, -0.2) is 34.1 Å². The van der Waals surface area contributed by atoms with Gasteiger partial charge >= 0.3 is 6.03 Å². The fourth-order valence-electron chi connectivity index (χ4n) is 2.17. The number of nitrogens with zero attached hydrogens (tertiary/aromatic N) is 2. The van der Waals surface area contributed by atoms with Crippen molar-refractivity contribution < 1.29 is 9.90 Å². The zero-order chi connectivity index (χ0) is 17.6. The maximum atomic E-state index is 12.0. The Labute approximate surface area is 142 Å². The first kappa shape index (κ1) is 18.0. The molecule has 0 radical (unpaired) electrons. The molecule has 1 unspecified atom stereocenters. The molecular weight excluding hydrogens is 304 g/mol. The molecule has 0 bridgehead atoms. The summed E-state index contributed by atoms with van der Waals surface area (Å²) in [6.45, 7) is 6.84. The third-order valence-electron chi connectivity index (χ3n) is 3.84. The quantitative estimate of drug-likeness (QED) is 0.729. The smallest absolute Gasteiger partial charge is 0.315 e. The number of rotatable bonds is 7. The van der Waals surface area contributed by atoms with Crippen molar-refractivity contribution in [1.29, 1.82) is 0 Å². The lowest BCUT2D eigenvalue weighted by Gasteiger charge is -2.22. The van der Waals surface area contributed by atoms with Crippen molar-refractivity contribution in [3.63, 3.8) is 0 Å². The second-order valence-corrected chi connectivity index (χ2v) is 6.83. The van der Waals surface area contributed by atoms with Gasteiger partial charge in [0.15, 0.2) is 0 Å². The standard InChI is InChI=1S/C18H26N4O2/c1-14(21-17(24)19-12-18(2,3)13-23)16-9-20-22(11-16)10-15-7-5-4-6-8-15/h4-9,11,14,23H,10,12-13H2,1-3H3,(H2,19,21,24). The molecule has 1 aromatic carbocycles. The largest absolute Gasteiger partial charge is 0.396 e. The van der Waals surface area contributed by atoms with Crippen LogP contribution in [0.25, 0.3) is 0 Å². The molecule has 2 amide bonds. The van der Waals surface area contributed by atoms with E-state index in [2.05, 4.69) is 27.9 Å². The van der Waals surface area contributed by atoms with E-state index in [1.54, 1.807) is 6.20 Å². The summed E-state index contributed by atoms with van der Waals surface area (Å²) in [5, 5.41) is 19.2. The predicted molar refractivity (Wildman–Crippen MR) is 93.6 cm³/mol. The molecule has 0 fully saturated rings. The molecule has 0 aliphatic rings. The van der Waals surface area contributed by atoms with Gasteiger partial charge in [0, 0.05) is 30.3 Å². The Hall–Kier alpha value is -2.34.